The number of imide groups is 1. The summed E-state index contributed by atoms with van der Waals surface area (Å²) in [4.78, 5) is 36.2. The van der Waals surface area contributed by atoms with E-state index in [2.05, 4.69) is 0 Å². The van der Waals surface area contributed by atoms with Gasteiger partial charge in [0.05, 0.1) is 13.0 Å². The number of carboxylic acids is 1. The average Bonchev–Trinajstić information content (AvgIpc) is 2.58. The number of carbonyl (C=O) groups excluding carboxylic acids is 2. The highest BCUT2D eigenvalue weighted by Crippen LogP contribution is 2.27. The Bertz CT molecular complexity index is 547. The molecule has 20 heavy (non-hydrogen) atoms. The quantitative estimate of drug-likeness (QED) is 0.844. The zero-order valence-corrected chi connectivity index (χ0v) is 11.5. The minimum atomic E-state index is -0.932. The van der Waals surface area contributed by atoms with Crippen LogP contribution in [0.15, 0.2) is 24.3 Å². The standard InChI is InChI=1S/C15H17NO4/c1-9-10(2)15(20)16(14(9)19)8-12-6-4-3-5-11(12)7-13(17)18/h3-6,9-10H,7-8H2,1-2H3,(H,17,18). The maximum absolute atomic E-state index is 12.1. The highest BCUT2D eigenvalue weighted by Gasteiger charge is 2.42. The number of hydrogen-bond acceptors (Lipinski definition) is 3. The van der Waals surface area contributed by atoms with Gasteiger partial charge in [0, 0.05) is 11.8 Å². The number of nitrogens with zero attached hydrogens (tertiary/aromatic N) is 1. The lowest BCUT2D eigenvalue weighted by atomic mass is 10.00. The second-order valence-corrected chi connectivity index (χ2v) is 5.18. The van der Waals surface area contributed by atoms with Crippen molar-refractivity contribution in [3.05, 3.63) is 35.4 Å². The predicted octanol–water partition coefficient (Wildman–Crippen LogP) is 1.45. The van der Waals surface area contributed by atoms with Gasteiger partial charge in [0.1, 0.15) is 0 Å². The van der Waals surface area contributed by atoms with Crippen LogP contribution in [0.3, 0.4) is 0 Å². The smallest absolute Gasteiger partial charge is 0.307 e. The van der Waals surface area contributed by atoms with Crippen molar-refractivity contribution in [1.82, 2.24) is 4.90 Å². The molecule has 2 rings (SSSR count). The topological polar surface area (TPSA) is 74.7 Å². The lowest BCUT2D eigenvalue weighted by Crippen LogP contribution is -2.30. The molecule has 1 heterocycles. The summed E-state index contributed by atoms with van der Waals surface area (Å²) in [6.07, 6.45) is -0.114. The van der Waals surface area contributed by atoms with Gasteiger partial charge in [-0.3, -0.25) is 19.3 Å². The minimum absolute atomic E-state index is 0.114. The van der Waals surface area contributed by atoms with Crippen molar-refractivity contribution < 1.29 is 19.5 Å². The third-order valence-electron chi connectivity index (χ3n) is 3.85. The largest absolute Gasteiger partial charge is 0.481 e. The Morgan fingerprint density at radius 1 is 1.10 bits per heavy atom. The molecule has 5 heteroatoms. The highest BCUT2D eigenvalue weighted by atomic mass is 16.4. The first kappa shape index (κ1) is 14.2. The van der Waals surface area contributed by atoms with Gasteiger partial charge in [-0.25, -0.2) is 0 Å². The van der Waals surface area contributed by atoms with Crippen LogP contribution in [0.5, 0.6) is 0 Å². The highest BCUT2D eigenvalue weighted by molar-refractivity contribution is 6.04. The fourth-order valence-corrected chi connectivity index (χ4v) is 2.40. The first-order valence-corrected chi connectivity index (χ1v) is 6.55. The Kier molecular flexibility index (Phi) is 3.88. The summed E-state index contributed by atoms with van der Waals surface area (Å²) in [5.74, 6) is -1.93. The van der Waals surface area contributed by atoms with Crippen LogP contribution in [-0.4, -0.2) is 27.8 Å². The molecule has 1 aliphatic heterocycles. The van der Waals surface area contributed by atoms with Crippen LogP contribution in [0.25, 0.3) is 0 Å². The second kappa shape index (κ2) is 5.45. The summed E-state index contributed by atoms with van der Waals surface area (Å²) in [7, 11) is 0. The van der Waals surface area contributed by atoms with Crippen molar-refractivity contribution in [2.24, 2.45) is 11.8 Å². The fraction of sp³-hybridized carbons (Fsp3) is 0.400. The SMILES string of the molecule is CC1C(=O)N(Cc2ccccc2CC(=O)O)C(=O)C1C. The molecule has 0 aliphatic carbocycles. The van der Waals surface area contributed by atoms with Crippen molar-refractivity contribution in [3.63, 3.8) is 0 Å². The lowest BCUT2D eigenvalue weighted by Gasteiger charge is -2.16. The number of amides is 2. The average molecular weight is 275 g/mol. The van der Waals surface area contributed by atoms with Gasteiger partial charge in [0.2, 0.25) is 11.8 Å². The van der Waals surface area contributed by atoms with Gasteiger partial charge in [-0.1, -0.05) is 38.1 Å². The van der Waals surface area contributed by atoms with E-state index in [4.69, 9.17) is 5.11 Å². The van der Waals surface area contributed by atoms with Crippen LogP contribution in [0.1, 0.15) is 25.0 Å². The molecule has 2 atom stereocenters. The Labute approximate surface area is 117 Å². The number of rotatable bonds is 4. The van der Waals surface area contributed by atoms with E-state index in [0.717, 1.165) is 0 Å². The molecule has 1 aliphatic rings. The number of carboxylic acid groups (broad SMARTS) is 1. The van der Waals surface area contributed by atoms with Gasteiger partial charge in [0.15, 0.2) is 0 Å². The van der Waals surface area contributed by atoms with E-state index in [1.807, 2.05) is 0 Å². The maximum Gasteiger partial charge on any atom is 0.307 e. The normalized spacial score (nSPS) is 22.4. The molecule has 0 bridgehead atoms. The second-order valence-electron chi connectivity index (χ2n) is 5.18. The van der Waals surface area contributed by atoms with Gasteiger partial charge in [-0.15, -0.1) is 0 Å². The van der Waals surface area contributed by atoms with Gasteiger partial charge in [-0.2, -0.15) is 0 Å². The zero-order chi connectivity index (χ0) is 14.9. The molecular weight excluding hydrogens is 258 g/mol. The zero-order valence-electron chi connectivity index (χ0n) is 11.5. The van der Waals surface area contributed by atoms with Crippen molar-refractivity contribution in [2.45, 2.75) is 26.8 Å². The van der Waals surface area contributed by atoms with Crippen LogP contribution in [0.2, 0.25) is 0 Å². The van der Waals surface area contributed by atoms with E-state index in [-0.39, 0.29) is 36.6 Å². The lowest BCUT2D eigenvalue weighted by molar-refractivity contribution is -0.140. The molecule has 1 aromatic rings. The summed E-state index contributed by atoms with van der Waals surface area (Å²) < 4.78 is 0. The molecule has 5 nitrogen and oxygen atoms in total. The number of benzene rings is 1. The molecule has 1 aromatic carbocycles. The van der Waals surface area contributed by atoms with Gasteiger partial charge < -0.3 is 5.11 Å². The van der Waals surface area contributed by atoms with Crippen molar-refractivity contribution in [2.75, 3.05) is 0 Å². The Morgan fingerprint density at radius 3 is 2.10 bits per heavy atom. The number of likely N-dealkylation sites (tertiary alicyclic amines) is 1. The van der Waals surface area contributed by atoms with Crippen molar-refractivity contribution in [3.8, 4) is 0 Å². The van der Waals surface area contributed by atoms with E-state index >= 15 is 0 Å². The molecule has 2 amide bonds. The Hall–Kier alpha value is -2.17. The van der Waals surface area contributed by atoms with E-state index in [0.29, 0.717) is 11.1 Å². The van der Waals surface area contributed by atoms with Gasteiger partial charge in [-0.05, 0) is 11.1 Å². The molecular formula is C15H17NO4. The molecule has 1 saturated heterocycles. The van der Waals surface area contributed by atoms with Crippen molar-refractivity contribution >= 4 is 17.8 Å². The van der Waals surface area contributed by atoms with E-state index in [9.17, 15) is 14.4 Å². The monoisotopic (exact) mass is 275 g/mol. The van der Waals surface area contributed by atoms with Crippen LogP contribution < -0.4 is 0 Å². The Morgan fingerprint density at radius 2 is 1.60 bits per heavy atom. The van der Waals surface area contributed by atoms with Crippen LogP contribution in [-0.2, 0) is 27.3 Å². The number of carbonyl (C=O) groups is 3. The molecule has 2 unspecified atom stereocenters. The first-order chi connectivity index (χ1) is 9.41. The molecule has 0 saturated carbocycles. The van der Waals surface area contributed by atoms with Crippen LogP contribution in [0, 0.1) is 11.8 Å². The molecule has 0 radical (unpaired) electrons. The summed E-state index contributed by atoms with van der Waals surface area (Å²) in [5, 5.41) is 8.89. The van der Waals surface area contributed by atoms with Crippen LogP contribution in [0.4, 0.5) is 0 Å². The first-order valence-electron chi connectivity index (χ1n) is 6.55. The van der Waals surface area contributed by atoms with Gasteiger partial charge in [0.25, 0.3) is 0 Å². The van der Waals surface area contributed by atoms with Crippen LogP contribution >= 0.6 is 0 Å². The number of hydrogen-bond donors (Lipinski definition) is 1. The summed E-state index contributed by atoms with van der Waals surface area (Å²) in [5.41, 5.74) is 1.34. The third-order valence-corrected chi connectivity index (χ3v) is 3.85. The molecule has 1 N–H and O–H groups in total. The third kappa shape index (κ3) is 2.57. The van der Waals surface area contributed by atoms with Crippen molar-refractivity contribution in [1.29, 1.82) is 0 Å². The minimum Gasteiger partial charge on any atom is -0.481 e. The molecule has 1 fully saturated rings. The summed E-state index contributed by atoms with van der Waals surface area (Å²) >= 11 is 0. The fourth-order valence-electron chi connectivity index (χ4n) is 2.40. The number of aliphatic carboxylic acids is 1. The molecule has 0 spiro atoms. The molecule has 106 valence electrons. The van der Waals surface area contributed by atoms with E-state index < -0.39 is 5.97 Å². The maximum atomic E-state index is 12.1. The molecule has 0 aromatic heterocycles. The summed E-state index contributed by atoms with van der Waals surface area (Å²) in [6, 6.07) is 6.99. The Balaban J connectivity index is 2.24. The summed E-state index contributed by atoms with van der Waals surface area (Å²) in [6.45, 7) is 3.64. The van der Waals surface area contributed by atoms with E-state index in [1.54, 1.807) is 38.1 Å². The predicted molar refractivity (Wildman–Crippen MR) is 71.7 cm³/mol. The van der Waals surface area contributed by atoms with Gasteiger partial charge >= 0.3 is 5.97 Å². The van der Waals surface area contributed by atoms with E-state index in [1.165, 1.54) is 4.90 Å².